The van der Waals surface area contributed by atoms with Gasteiger partial charge in [0.1, 0.15) is 5.60 Å². The summed E-state index contributed by atoms with van der Waals surface area (Å²) in [7, 11) is 0. The van der Waals surface area contributed by atoms with Crippen molar-refractivity contribution in [3.05, 3.63) is 60.2 Å². The Morgan fingerprint density at radius 1 is 1.00 bits per heavy atom. The molecule has 0 spiro atoms. The van der Waals surface area contributed by atoms with E-state index >= 15 is 0 Å². The number of aliphatic hydroxyl groups is 1. The highest BCUT2D eigenvalue weighted by Gasteiger charge is 2.21. The fraction of sp³-hybridized carbons (Fsp3) is 0.200. The summed E-state index contributed by atoms with van der Waals surface area (Å²) < 4.78 is 0. The van der Waals surface area contributed by atoms with E-state index in [1.54, 1.807) is 6.92 Å². The third-order valence-corrected chi connectivity index (χ3v) is 3.06. The molecule has 4 N–H and O–H groups in total. The number of benzene rings is 2. The summed E-state index contributed by atoms with van der Waals surface area (Å²) in [4.78, 5) is 0. The zero-order chi connectivity index (χ0) is 13.0. The normalized spacial score (nSPS) is 14.2. The van der Waals surface area contributed by atoms with Crippen LogP contribution in [0.2, 0.25) is 0 Å². The second-order valence-electron chi connectivity index (χ2n) is 4.60. The predicted molar refractivity (Wildman–Crippen MR) is 73.6 cm³/mol. The van der Waals surface area contributed by atoms with Crippen LogP contribution in [0.4, 0.5) is 0 Å². The molecule has 1 unspecified atom stereocenters. The van der Waals surface area contributed by atoms with Crippen LogP contribution in [0, 0.1) is 0 Å². The quantitative estimate of drug-likeness (QED) is 0.568. The van der Waals surface area contributed by atoms with Crippen molar-refractivity contribution < 1.29 is 5.11 Å². The fourth-order valence-electron chi connectivity index (χ4n) is 1.95. The van der Waals surface area contributed by atoms with Crippen LogP contribution in [0.15, 0.2) is 54.6 Å². The highest BCUT2D eigenvalue weighted by molar-refractivity contribution is 5.63. The van der Waals surface area contributed by atoms with Crippen molar-refractivity contribution >= 4 is 0 Å². The smallest absolute Gasteiger partial charge is 0.101 e. The van der Waals surface area contributed by atoms with Crippen molar-refractivity contribution in [3.63, 3.8) is 0 Å². The minimum atomic E-state index is -0.954. The van der Waals surface area contributed by atoms with Crippen molar-refractivity contribution in [2.45, 2.75) is 12.5 Å². The standard InChI is InChI=1S/C15H18N2O/c1-15(18,11-17-16)14-9-7-13(8-10-14)12-5-3-2-4-6-12/h2-10,17-18H,11,16H2,1H3. The van der Waals surface area contributed by atoms with Gasteiger partial charge in [0.05, 0.1) is 0 Å². The van der Waals surface area contributed by atoms with Crippen LogP contribution in [0.3, 0.4) is 0 Å². The molecule has 0 aromatic heterocycles. The lowest BCUT2D eigenvalue weighted by atomic mass is 9.94. The van der Waals surface area contributed by atoms with Gasteiger partial charge in [0.2, 0.25) is 0 Å². The molecule has 0 heterocycles. The molecule has 0 fully saturated rings. The monoisotopic (exact) mass is 242 g/mol. The number of hydrazine groups is 1. The molecule has 0 saturated carbocycles. The van der Waals surface area contributed by atoms with E-state index in [1.165, 1.54) is 5.56 Å². The van der Waals surface area contributed by atoms with Gasteiger partial charge in [0.25, 0.3) is 0 Å². The lowest BCUT2D eigenvalue weighted by Gasteiger charge is -2.23. The van der Waals surface area contributed by atoms with Gasteiger partial charge in [0, 0.05) is 6.54 Å². The maximum Gasteiger partial charge on any atom is 0.101 e. The molecule has 3 heteroatoms. The van der Waals surface area contributed by atoms with Crippen LogP contribution in [0.25, 0.3) is 11.1 Å². The molecule has 0 bridgehead atoms. The minimum absolute atomic E-state index is 0.317. The fourth-order valence-corrected chi connectivity index (χ4v) is 1.95. The Hall–Kier alpha value is -1.68. The van der Waals surface area contributed by atoms with Gasteiger partial charge in [-0.25, -0.2) is 0 Å². The van der Waals surface area contributed by atoms with Crippen molar-refractivity contribution in [1.29, 1.82) is 0 Å². The summed E-state index contributed by atoms with van der Waals surface area (Å²) >= 11 is 0. The van der Waals surface area contributed by atoms with E-state index in [9.17, 15) is 5.11 Å². The molecule has 0 aliphatic rings. The van der Waals surface area contributed by atoms with Crippen molar-refractivity contribution in [3.8, 4) is 11.1 Å². The summed E-state index contributed by atoms with van der Waals surface area (Å²) in [6, 6.07) is 18.0. The largest absolute Gasteiger partial charge is 0.384 e. The molecule has 0 aliphatic heterocycles. The first kappa shape index (κ1) is 12.8. The SMILES string of the molecule is CC(O)(CNN)c1ccc(-c2ccccc2)cc1. The highest BCUT2D eigenvalue weighted by atomic mass is 16.3. The first-order chi connectivity index (χ1) is 8.63. The van der Waals surface area contributed by atoms with Crippen LogP contribution < -0.4 is 11.3 Å². The Bertz CT molecular complexity index is 492. The van der Waals surface area contributed by atoms with E-state index in [0.29, 0.717) is 6.54 Å². The van der Waals surface area contributed by atoms with Crippen molar-refractivity contribution in [2.24, 2.45) is 5.84 Å². The molecule has 2 rings (SSSR count). The van der Waals surface area contributed by atoms with Crippen LogP contribution >= 0.6 is 0 Å². The Balaban J connectivity index is 2.26. The molecule has 0 aliphatic carbocycles. The highest BCUT2D eigenvalue weighted by Crippen LogP contribution is 2.24. The van der Waals surface area contributed by atoms with Crippen LogP contribution in [-0.2, 0) is 5.60 Å². The van der Waals surface area contributed by atoms with Gasteiger partial charge in [-0.15, -0.1) is 0 Å². The molecule has 0 amide bonds. The second kappa shape index (κ2) is 5.31. The Morgan fingerprint density at radius 3 is 2.11 bits per heavy atom. The molecular formula is C15H18N2O. The van der Waals surface area contributed by atoms with Crippen molar-refractivity contribution in [1.82, 2.24) is 5.43 Å². The molecule has 2 aromatic carbocycles. The van der Waals surface area contributed by atoms with Crippen LogP contribution in [0.5, 0.6) is 0 Å². The number of hydrogen-bond donors (Lipinski definition) is 3. The number of rotatable bonds is 4. The molecule has 3 nitrogen and oxygen atoms in total. The molecule has 18 heavy (non-hydrogen) atoms. The van der Waals surface area contributed by atoms with Gasteiger partial charge in [-0.1, -0.05) is 54.6 Å². The summed E-state index contributed by atoms with van der Waals surface area (Å²) in [5.41, 5.74) is 4.70. The first-order valence-corrected chi connectivity index (χ1v) is 5.95. The maximum absolute atomic E-state index is 10.2. The molecule has 2 aromatic rings. The van der Waals surface area contributed by atoms with Crippen LogP contribution in [0.1, 0.15) is 12.5 Å². The average Bonchev–Trinajstić information content (AvgIpc) is 2.40. The van der Waals surface area contributed by atoms with Gasteiger partial charge in [-0.2, -0.15) is 0 Å². The molecule has 0 radical (unpaired) electrons. The molecule has 0 saturated heterocycles. The number of nitrogens with one attached hydrogen (secondary N) is 1. The molecule has 1 atom stereocenters. The summed E-state index contributed by atoms with van der Waals surface area (Å²) in [5.74, 6) is 5.26. The Morgan fingerprint density at radius 2 is 1.56 bits per heavy atom. The second-order valence-corrected chi connectivity index (χ2v) is 4.60. The average molecular weight is 242 g/mol. The maximum atomic E-state index is 10.2. The Labute approximate surface area is 107 Å². The zero-order valence-electron chi connectivity index (χ0n) is 10.4. The van der Waals surface area contributed by atoms with E-state index in [1.807, 2.05) is 42.5 Å². The lowest BCUT2D eigenvalue weighted by Crippen LogP contribution is -2.38. The third-order valence-electron chi connectivity index (χ3n) is 3.06. The zero-order valence-corrected chi connectivity index (χ0v) is 10.4. The van der Waals surface area contributed by atoms with Gasteiger partial charge in [-0.3, -0.25) is 11.3 Å². The number of nitrogens with two attached hydrogens (primary N) is 1. The van der Waals surface area contributed by atoms with Gasteiger partial charge in [-0.05, 0) is 23.6 Å². The van der Waals surface area contributed by atoms with E-state index in [0.717, 1.165) is 11.1 Å². The number of hydrogen-bond acceptors (Lipinski definition) is 3. The first-order valence-electron chi connectivity index (χ1n) is 5.95. The molecular weight excluding hydrogens is 224 g/mol. The Kier molecular flexibility index (Phi) is 3.77. The lowest BCUT2D eigenvalue weighted by molar-refractivity contribution is 0.0573. The van der Waals surface area contributed by atoms with Gasteiger partial charge in [0.15, 0.2) is 0 Å². The predicted octanol–water partition coefficient (Wildman–Crippen LogP) is 2.02. The topological polar surface area (TPSA) is 58.3 Å². The summed E-state index contributed by atoms with van der Waals surface area (Å²) in [6.45, 7) is 2.06. The third kappa shape index (κ3) is 2.76. The van der Waals surface area contributed by atoms with E-state index in [-0.39, 0.29) is 0 Å². The summed E-state index contributed by atoms with van der Waals surface area (Å²) in [5, 5.41) is 10.2. The van der Waals surface area contributed by atoms with Gasteiger partial charge < -0.3 is 5.11 Å². The van der Waals surface area contributed by atoms with Crippen LogP contribution in [-0.4, -0.2) is 11.7 Å². The van der Waals surface area contributed by atoms with E-state index < -0.39 is 5.60 Å². The van der Waals surface area contributed by atoms with Gasteiger partial charge >= 0.3 is 0 Å². The molecule has 94 valence electrons. The van der Waals surface area contributed by atoms with E-state index in [4.69, 9.17) is 5.84 Å². The summed E-state index contributed by atoms with van der Waals surface area (Å²) in [6.07, 6.45) is 0. The van der Waals surface area contributed by atoms with E-state index in [2.05, 4.69) is 17.6 Å². The minimum Gasteiger partial charge on any atom is -0.384 e. The van der Waals surface area contributed by atoms with Crippen molar-refractivity contribution in [2.75, 3.05) is 6.54 Å².